The fraction of sp³-hybridized carbons (Fsp3) is 0.697. The number of carbonyl (C=O) groups is 1. The number of likely N-dealkylation sites (N-methyl/N-ethyl adjacent to an activating group) is 1. The van der Waals surface area contributed by atoms with Gasteiger partial charge in [-0.3, -0.25) is 23.9 Å². The largest absolute Gasteiger partial charge is 0.481 e. The molecule has 0 spiro atoms. The maximum Gasteiger partial charge on any atom is 0.308 e. The number of nitrogens with zero attached hydrogens (tertiary/aromatic N) is 3. The lowest BCUT2D eigenvalue weighted by Crippen LogP contribution is -2.57. The lowest BCUT2D eigenvalue weighted by atomic mass is 9.70. The van der Waals surface area contributed by atoms with Gasteiger partial charge in [-0.05, 0) is 89.3 Å². The Bertz CT molecular complexity index is 1500. The molecule has 4 heterocycles. The van der Waals surface area contributed by atoms with Crippen molar-refractivity contribution < 1.29 is 14.6 Å². The molecule has 0 amide bonds. The fourth-order valence-corrected chi connectivity index (χ4v) is 10.5. The zero-order valence-corrected chi connectivity index (χ0v) is 28.0. The third kappa shape index (κ3) is 7.07. The standard InChI is InChI=1S/C33H46ClN5O5S/c1-18-12-24(31-30(36-18)26(17-45-31)33(42)43)23-14-21(34)4-7-28(23)44-11-10-39-19(2)37-27-6-5-22(15-25(27)32(39)41)38(3)16-20-8-9-35-29(40)13-20/h8-9,13,18,21-24,26,28,30-31,36H,4-7,10-12,14-17H2,1-3H3,(H,35,40)(H,42,43)/t18?,21?,22-,23?,24?,26?,28?,30?,31?/m1/s1. The Balaban J connectivity index is 1.12. The molecular formula is C33H46ClN5O5S. The Labute approximate surface area is 273 Å². The highest BCUT2D eigenvalue weighted by Crippen LogP contribution is 2.48. The van der Waals surface area contributed by atoms with Gasteiger partial charge in [0.15, 0.2) is 0 Å². The van der Waals surface area contributed by atoms with Gasteiger partial charge < -0.3 is 20.1 Å². The number of aryl methyl sites for hydroxylation is 2. The summed E-state index contributed by atoms with van der Waals surface area (Å²) in [4.78, 5) is 47.3. The predicted octanol–water partition coefficient (Wildman–Crippen LogP) is 3.20. The monoisotopic (exact) mass is 659 g/mol. The van der Waals surface area contributed by atoms with E-state index in [1.54, 1.807) is 28.6 Å². The Kier molecular flexibility index (Phi) is 10.1. The summed E-state index contributed by atoms with van der Waals surface area (Å²) >= 11 is 8.53. The van der Waals surface area contributed by atoms with Gasteiger partial charge in [-0.1, -0.05) is 0 Å². The Morgan fingerprint density at radius 1 is 1.24 bits per heavy atom. The Morgan fingerprint density at radius 2 is 2.07 bits per heavy atom. The quantitative estimate of drug-likeness (QED) is 0.348. The minimum Gasteiger partial charge on any atom is -0.481 e. The summed E-state index contributed by atoms with van der Waals surface area (Å²) < 4.78 is 8.39. The van der Waals surface area contributed by atoms with Gasteiger partial charge in [0, 0.05) is 58.9 Å². The minimum absolute atomic E-state index is 0.0217. The second kappa shape index (κ2) is 13.9. The van der Waals surface area contributed by atoms with Crippen LogP contribution in [0.2, 0.25) is 0 Å². The topological polar surface area (TPSA) is 130 Å². The normalized spacial score (nSPS) is 33.1. The molecule has 12 heteroatoms. The number of nitrogens with one attached hydrogen (secondary N) is 2. The molecule has 2 aromatic rings. The van der Waals surface area contributed by atoms with E-state index in [4.69, 9.17) is 21.3 Å². The number of aromatic amines is 1. The molecule has 3 N–H and O–H groups in total. The van der Waals surface area contributed by atoms with Gasteiger partial charge in [0.25, 0.3) is 5.56 Å². The van der Waals surface area contributed by atoms with Crippen molar-refractivity contribution in [3.8, 4) is 0 Å². The molecule has 2 saturated heterocycles. The summed E-state index contributed by atoms with van der Waals surface area (Å²) in [5, 5.41) is 13.8. The number of carboxylic acid groups (broad SMARTS) is 1. The summed E-state index contributed by atoms with van der Waals surface area (Å²) in [6, 6.07) is 3.95. The minimum atomic E-state index is -0.716. The first-order valence-electron chi connectivity index (χ1n) is 16.4. The number of fused-ring (bicyclic) bond motifs is 2. The van der Waals surface area contributed by atoms with Gasteiger partial charge in [0.05, 0.1) is 30.9 Å². The van der Waals surface area contributed by atoms with Crippen molar-refractivity contribution in [3.63, 3.8) is 0 Å². The van der Waals surface area contributed by atoms with Crippen molar-refractivity contribution >= 4 is 29.3 Å². The number of hydrogen-bond donors (Lipinski definition) is 3. The van der Waals surface area contributed by atoms with Gasteiger partial charge in [-0.15, -0.1) is 11.6 Å². The predicted molar refractivity (Wildman–Crippen MR) is 176 cm³/mol. The van der Waals surface area contributed by atoms with E-state index in [1.807, 2.05) is 20.0 Å². The number of pyridine rings is 1. The van der Waals surface area contributed by atoms with Crippen molar-refractivity contribution in [1.29, 1.82) is 0 Å². The van der Waals surface area contributed by atoms with Crippen LogP contribution < -0.4 is 16.4 Å². The lowest BCUT2D eigenvalue weighted by molar-refractivity contribution is -0.142. The van der Waals surface area contributed by atoms with Crippen molar-refractivity contribution in [2.24, 2.45) is 17.8 Å². The van der Waals surface area contributed by atoms with E-state index < -0.39 is 5.97 Å². The van der Waals surface area contributed by atoms with Gasteiger partial charge in [-0.25, -0.2) is 4.98 Å². The number of carboxylic acids is 1. The number of H-pyrrole nitrogens is 1. The highest BCUT2D eigenvalue weighted by atomic mass is 35.5. The second-order valence-electron chi connectivity index (χ2n) is 13.6. The van der Waals surface area contributed by atoms with Crippen LogP contribution in [0.3, 0.4) is 0 Å². The molecule has 2 aliphatic heterocycles. The van der Waals surface area contributed by atoms with Gasteiger partial charge in [-0.2, -0.15) is 11.8 Å². The number of ether oxygens (including phenoxy) is 1. The molecule has 246 valence electrons. The number of aromatic nitrogens is 3. The third-order valence-electron chi connectivity index (χ3n) is 10.7. The van der Waals surface area contributed by atoms with Crippen LogP contribution in [-0.2, 0) is 35.5 Å². The Morgan fingerprint density at radius 3 is 2.84 bits per heavy atom. The molecular weight excluding hydrogens is 614 g/mol. The number of rotatable bonds is 9. The highest BCUT2D eigenvalue weighted by Gasteiger charge is 2.51. The number of hydrogen-bond acceptors (Lipinski definition) is 8. The molecule has 45 heavy (non-hydrogen) atoms. The molecule has 9 atom stereocenters. The SMILES string of the molecule is Cc1nc2c(c(=O)n1CCOC1CCC(Cl)CC1C1CC(C)NC3C(C(=O)O)CSC13)C[C@H](N(C)Cc1cc[nH]c(=O)c1)CC2. The highest BCUT2D eigenvalue weighted by molar-refractivity contribution is 8.00. The van der Waals surface area contributed by atoms with E-state index in [9.17, 15) is 19.5 Å². The zero-order chi connectivity index (χ0) is 31.8. The summed E-state index contributed by atoms with van der Waals surface area (Å²) in [5.74, 6) is 0.871. The van der Waals surface area contributed by atoms with Crippen LogP contribution in [0.4, 0.5) is 0 Å². The number of alkyl halides is 1. The van der Waals surface area contributed by atoms with E-state index >= 15 is 0 Å². The first-order valence-corrected chi connectivity index (χ1v) is 17.9. The van der Waals surface area contributed by atoms with Crippen LogP contribution >= 0.6 is 23.4 Å². The average Bonchev–Trinajstić information content (AvgIpc) is 3.43. The smallest absolute Gasteiger partial charge is 0.308 e. The molecule has 1 saturated carbocycles. The summed E-state index contributed by atoms with van der Waals surface area (Å²) in [6.45, 7) is 5.56. The fourth-order valence-electron chi connectivity index (χ4n) is 8.36. The van der Waals surface area contributed by atoms with Crippen LogP contribution in [-0.4, -0.2) is 84.8 Å². The van der Waals surface area contributed by atoms with E-state index in [2.05, 4.69) is 22.1 Å². The number of thioether (sulfide) groups is 1. The summed E-state index contributed by atoms with van der Waals surface area (Å²) in [6.07, 6.45) is 7.64. The van der Waals surface area contributed by atoms with Crippen LogP contribution in [0.15, 0.2) is 27.9 Å². The second-order valence-corrected chi connectivity index (χ2v) is 15.5. The third-order valence-corrected chi connectivity index (χ3v) is 12.6. The summed E-state index contributed by atoms with van der Waals surface area (Å²) in [7, 11) is 2.05. The molecule has 6 rings (SSSR count). The first-order chi connectivity index (χ1) is 21.6. The molecule has 10 nitrogen and oxygen atoms in total. The maximum absolute atomic E-state index is 13.8. The van der Waals surface area contributed by atoms with Gasteiger partial charge in [0.1, 0.15) is 5.82 Å². The maximum atomic E-state index is 13.8. The average molecular weight is 660 g/mol. The molecule has 0 aromatic carbocycles. The summed E-state index contributed by atoms with van der Waals surface area (Å²) in [5.41, 5.74) is 2.55. The zero-order valence-electron chi connectivity index (χ0n) is 26.4. The van der Waals surface area contributed by atoms with Crippen LogP contribution in [0.5, 0.6) is 0 Å². The van der Waals surface area contributed by atoms with E-state index in [0.29, 0.717) is 37.8 Å². The Hall–Kier alpha value is -2.18. The lowest BCUT2D eigenvalue weighted by Gasteiger charge is -2.47. The van der Waals surface area contributed by atoms with E-state index in [0.717, 1.165) is 61.2 Å². The molecule has 4 aliphatic rings. The van der Waals surface area contributed by atoms with Crippen molar-refractivity contribution in [2.75, 3.05) is 19.4 Å². The molecule has 2 aromatic heterocycles. The van der Waals surface area contributed by atoms with Crippen LogP contribution in [0.1, 0.15) is 61.7 Å². The van der Waals surface area contributed by atoms with Crippen molar-refractivity contribution in [3.05, 3.63) is 61.7 Å². The molecule has 3 fully saturated rings. The first kappa shape index (κ1) is 32.7. The molecule has 0 radical (unpaired) electrons. The molecule has 2 aliphatic carbocycles. The van der Waals surface area contributed by atoms with Crippen molar-refractivity contribution in [2.45, 2.75) is 107 Å². The van der Waals surface area contributed by atoms with Gasteiger partial charge >= 0.3 is 5.97 Å². The van der Waals surface area contributed by atoms with Crippen molar-refractivity contribution in [1.82, 2.24) is 24.8 Å². The van der Waals surface area contributed by atoms with Crippen LogP contribution in [0.25, 0.3) is 0 Å². The van der Waals surface area contributed by atoms with E-state index in [-0.39, 0.29) is 57.8 Å². The van der Waals surface area contributed by atoms with E-state index in [1.165, 1.54) is 0 Å². The number of aliphatic carboxylic acids is 1. The molecule has 0 bridgehead atoms. The molecule has 8 unspecified atom stereocenters. The number of piperidine rings is 1. The number of halogens is 1. The van der Waals surface area contributed by atoms with Gasteiger partial charge in [0.2, 0.25) is 5.56 Å². The van der Waals surface area contributed by atoms with Crippen LogP contribution in [0, 0.1) is 24.7 Å².